The van der Waals surface area contributed by atoms with Crippen LogP contribution in [0.2, 0.25) is 0 Å². The molecule has 2 N–H and O–H groups in total. The van der Waals surface area contributed by atoms with E-state index in [1.165, 1.54) is 22.3 Å². The van der Waals surface area contributed by atoms with Gasteiger partial charge in [0, 0.05) is 89.1 Å². The molecule has 2 heterocycles. The second-order valence-corrected chi connectivity index (χ2v) is 10.5. The summed E-state index contributed by atoms with van der Waals surface area (Å²) in [4.78, 5) is 18.7. The number of pyridine rings is 1. The van der Waals surface area contributed by atoms with Gasteiger partial charge in [0.1, 0.15) is 5.25 Å². The van der Waals surface area contributed by atoms with Crippen molar-refractivity contribution in [2.24, 2.45) is 0 Å². The monoisotopic (exact) mass is 465 g/mol. The molecule has 1 radical (unpaired) electrons. The number of hydrogen-bond donors (Lipinski definition) is 2. The molecule has 0 atom stereocenters. The van der Waals surface area contributed by atoms with E-state index >= 15 is 0 Å². The third kappa shape index (κ3) is 4.92. The molecule has 1 saturated heterocycles. The molecule has 0 saturated carbocycles. The van der Waals surface area contributed by atoms with E-state index in [1.807, 2.05) is 17.0 Å². The number of amides is 2. The quantitative estimate of drug-likeness (QED) is 0.659. The summed E-state index contributed by atoms with van der Waals surface area (Å²) < 4.78 is 27.6. The average Bonchev–Trinajstić information content (AvgIpc) is 3.33. The van der Waals surface area contributed by atoms with E-state index in [9.17, 15) is 13.2 Å². The predicted octanol–water partition coefficient (Wildman–Crippen LogP) is 2.01. The summed E-state index contributed by atoms with van der Waals surface area (Å²) in [6.45, 7) is 1.52. The number of nitrogens with one attached hydrogen (secondary N) is 2. The molecular formula is C22H26KN4O3S. The third-order valence-electron chi connectivity index (χ3n) is 6.46. The van der Waals surface area contributed by atoms with Crippen LogP contribution >= 0.6 is 0 Å². The van der Waals surface area contributed by atoms with Crippen molar-refractivity contribution in [3.63, 3.8) is 0 Å². The Kier molecular flexibility index (Phi) is 7.22. The first kappa shape index (κ1) is 23.3. The molecule has 2 aliphatic carbocycles. The maximum Gasteiger partial charge on any atom is 0.332 e. The Bertz CT molecular complexity index is 1050. The van der Waals surface area contributed by atoms with Gasteiger partial charge < -0.3 is 5.32 Å². The van der Waals surface area contributed by atoms with E-state index in [0.717, 1.165) is 49.8 Å². The summed E-state index contributed by atoms with van der Waals surface area (Å²) in [6, 6.07) is 5.49. The van der Waals surface area contributed by atoms with Crippen LogP contribution in [-0.4, -0.2) is 94.1 Å². The van der Waals surface area contributed by atoms with Gasteiger partial charge in [0.05, 0.1) is 0 Å². The number of hydrogen-bond acceptors (Lipinski definition) is 5. The van der Waals surface area contributed by atoms with E-state index in [-0.39, 0.29) is 51.4 Å². The van der Waals surface area contributed by atoms with Gasteiger partial charge >= 0.3 is 6.03 Å². The molecule has 1 aromatic carbocycles. The average molecular weight is 466 g/mol. The largest absolute Gasteiger partial charge is 0.332 e. The Morgan fingerprint density at radius 1 is 1.03 bits per heavy atom. The number of carbonyl (C=O) groups excluding carboxylic acids is 1. The summed E-state index contributed by atoms with van der Waals surface area (Å²) in [5.74, 6) is 0. The van der Waals surface area contributed by atoms with Crippen LogP contribution in [0, 0.1) is 0 Å². The number of benzene rings is 1. The van der Waals surface area contributed by atoms with E-state index in [4.69, 9.17) is 0 Å². The number of aromatic nitrogens is 1. The van der Waals surface area contributed by atoms with Crippen molar-refractivity contribution >= 4 is 73.1 Å². The molecule has 0 bridgehead atoms. The number of aryl methyl sites for hydroxylation is 2. The third-order valence-corrected chi connectivity index (χ3v) is 8.11. The number of urea groups is 1. The van der Waals surface area contributed by atoms with Crippen LogP contribution in [0.4, 0.5) is 10.5 Å². The van der Waals surface area contributed by atoms with Gasteiger partial charge in [-0.25, -0.2) is 17.9 Å². The van der Waals surface area contributed by atoms with Crippen molar-refractivity contribution < 1.29 is 13.2 Å². The van der Waals surface area contributed by atoms with Crippen LogP contribution in [0.15, 0.2) is 30.6 Å². The zero-order valence-corrected chi connectivity index (χ0v) is 21.8. The van der Waals surface area contributed by atoms with Crippen LogP contribution in [0.3, 0.4) is 0 Å². The first-order valence-corrected chi connectivity index (χ1v) is 12.1. The molecule has 159 valence electrons. The first-order valence-electron chi connectivity index (χ1n) is 10.6. The summed E-state index contributed by atoms with van der Waals surface area (Å²) in [6.07, 6.45) is 9.58. The van der Waals surface area contributed by atoms with Gasteiger partial charge in [-0.15, -0.1) is 0 Å². The second kappa shape index (κ2) is 9.58. The van der Waals surface area contributed by atoms with Crippen molar-refractivity contribution in [3.05, 3.63) is 58.4 Å². The first-order chi connectivity index (χ1) is 14.5. The molecule has 1 fully saturated rings. The van der Waals surface area contributed by atoms with E-state index < -0.39 is 21.3 Å². The van der Waals surface area contributed by atoms with Gasteiger partial charge in [-0.2, -0.15) is 0 Å². The SMILES string of the molecule is O=C(Nc1c2c(cc3c1CCC3)CCC2)NS(=O)(=O)C1CN(Cc2ccncc2)C1.[K]. The second-order valence-electron chi connectivity index (χ2n) is 8.51. The Balaban J connectivity index is 0.00000231. The number of likely N-dealkylation sites (tertiary alicyclic amines) is 1. The molecule has 2 aromatic rings. The molecule has 3 aliphatic rings. The normalized spacial score (nSPS) is 17.9. The molecule has 7 nitrogen and oxygen atoms in total. The van der Waals surface area contributed by atoms with Crippen molar-refractivity contribution in [1.29, 1.82) is 0 Å². The van der Waals surface area contributed by atoms with Crippen molar-refractivity contribution in [2.75, 3.05) is 18.4 Å². The smallest absolute Gasteiger partial charge is 0.307 e. The molecule has 9 heteroatoms. The fourth-order valence-electron chi connectivity index (χ4n) is 4.91. The fourth-order valence-corrected chi connectivity index (χ4v) is 6.20. The molecule has 1 aromatic heterocycles. The minimum absolute atomic E-state index is 0. The maximum atomic E-state index is 12.7. The van der Waals surface area contributed by atoms with Gasteiger partial charge in [-0.1, -0.05) is 6.07 Å². The molecule has 5 rings (SSSR count). The van der Waals surface area contributed by atoms with Crippen LogP contribution < -0.4 is 10.0 Å². The summed E-state index contributed by atoms with van der Waals surface area (Å²) in [5.41, 5.74) is 6.95. The Morgan fingerprint density at radius 2 is 1.65 bits per heavy atom. The minimum Gasteiger partial charge on any atom is -0.307 e. The fraction of sp³-hybridized carbons (Fsp3) is 0.455. The number of anilines is 1. The van der Waals surface area contributed by atoms with Gasteiger partial charge in [0.15, 0.2) is 0 Å². The number of sulfonamides is 1. The van der Waals surface area contributed by atoms with Crippen molar-refractivity contribution in [1.82, 2.24) is 14.6 Å². The number of nitrogens with zero attached hydrogens (tertiary/aromatic N) is 2. The predicted molar refractivity (Wildman–Crippen MR) is 121 cm³/mol. The summed E-state index contributed by atoms with van der Waals surface area (Å²) >= 11 is 0. The van der Waals surface area contributed by atoms with Crippen molar-refractivity contribution in [3.8, 4) is 0 Å². The maximum absolute atomic E-state index is 12.7. The Hall–Kier alpha value is -0.814. The van der Waals surface area contributed by atoms with Gasteiger partial charge in [0.25, 0.3) is 0 Å². The molecule has 0 unspecified atom stereocenters. The number of carbonyl (C=O) groups is 1. The topological polar surface area (TPSA) is 91.4 Å². The summed E-state index contributed by atoms with van der Waals surface area (Å²) in [5, 5.41) is 2.33. The number of rotatable bonds is 5. The minimum atomic E-state index is -3.71. The molecule has 2 amide bonds. The van der Waals surface area contributed by atoms with Gasteiger partial charge in [0.2, 0.25) is 10.0 Å². The Morgan fingerprint density at radius 3 is 2.26 bits per heavy atom. The van der Waals surface area contributed by atoms with Gasteiger partial charge in [-0.3, -0.25) is 9.88 Å². The molecule has 0 spiro atoms. The van der Waals surface area contributed by atoms with Gasteiger partial charge in [-0.05, 0) is 78.5 Å². The number of fused-ring (bicyclic) bond motifs is 2. The van der Waals surface area contributed by atoms with Crippen LogP contribution in [0.1, 0.15) is 40.7 Å². The summed E-state index contributed by atoms with van der Waals surface area (Å²) in [7, 11) is -3.71. The van der Waals surface area contributed by atoms with E-state index in [0.29, 0.717) is 19.6 Å². The van der Waals surface area contributed by atoms with Crippen LogP contribution in [0.5, 0.6) is 0 Å². The molecule has 1 aliphatic heterocycles. The molecule has 31 heavy (non-hydrogen) atoms. The Labute approximate surface area is 225 Å². The zero-order chi connectivity index (χ0) is 20.7. The van der Waals surface area contributed by atoms with Crippen LogP contribution in [0.25, 0.3) is 0 Å². The molecular weight excluding hydrogens is 439 g/mol. The van der Waals surface area contributed by atoms with E-state index in [1.54, 1.807) is 12.4 Å². The van der Waals surface area contributed by atoms with Crippen LogP contribution in [-0.2, 0) is 42.3 Å². The van der Waals surface area contributed by atoms with E-state index in [2.05, 4.69) is 21.1 Å². The zero-order valence-electron chi connectivity index (χ0n) is 17.9. The van der Waals surface area contributed by atoms with Crippen molar-refractivity contribution in [2.45, 2.75) is 50.3 Å². The standard InChI is InChI=1S/C22H26N4O3S.K/c27-22(24-21-19-5-1-3-16(19)11-17-4-2-6-20(17)21)25-30(28,29)18-13-26(14-18)12-15-7-9-23-10-8-15;/h7-11,18H,1-6,12-14H2,(H2,24,25,27);.